The van der Waals surface area contributed by atoms with Crippen LogP contribution in [0.2, 0.25) is 0 Å². The number of anilines is 2. The average Bonchev–Trinajstić information content (AvgIpc) is 2.64. The highest BCUT2D eigenvalue weighted by Gasteiger charge is 2.18. The third kappa shape index (κ3) is 6.28. The highest BCUT2D eigenvalue weighted by atomic mass is 15.0. The Kier molecular flexibility index (Phi) is 7.55. The smallest absolute Gasteiger partial charge is 0.139 e. The molecule has 2 N–H and O–H groups in total. The third-order valence-electron chi connectivity index (χ3n) is 4.93. The van der Waals surface area contributed by atoms with E-state index in [4.69, 9.17) is 10.4 Å². The predicted molar refractivity (Wildman–Crippen MR) is 131 cm³/mol. The van der Waals surface area contributed by atoms with E-state index in [1.807, 2.05) is 30.3 Å². The summed E-state index contributed by atoms with van der Waals surface area (Å²) in [5, 5.41) is 11.5. The van der Waals surface area contributed by atoms with Gasteiger partial charge in [0.15, 0.2) is 0 Å². The summed E-state index contributed by atoms with van der Waals surface area (Å²) < 4.78 is 0. The Morgan fingerprint density at radius 3 is 1.83 bits per heavy atom. The van der Waals surface area contributed by atoms with Gasteiger partial charge in [-0.05, 0) is 57.9 Å². The maximum absolute atomic E-state index is 8.03. The molecule has 0 aliphatic heterocycles. The molecule has 1 heterocycles. The molecule has 2 aromatic carbocycles. The van der Waals surface area contributed by atoms with E-state index in [1.54, 1.807) is 6.92 Å². The molecule has 3 nitrogen and oxygen atoms in total. The van der Waals surface area contributed by atoms with Crippen LogP contribution in [0.25, 0.3) is 0 Å². The van der Waals surface area contributed by atoms with Crippen LogP contribution in [0.1, 0.15) is 61.2 Å². The van der Waals surface area contributed by atoms with Crippen molar-refractivity contribution in [2.24, 2.45) is 0 Å². The van der Waals surface area contributed by atoms with Crippen LogP contribution < -0.4 is 5.32 Å². The standard InChI is InChI=1S/C20H27N3.C7H8/c1-12-10-13(2)18(14(3)11-12)23-19-16(15(4)21)8-9-17(22-19)20(5,6)7;1-7-5-3-2-4-6-7/h8-11,21H,1-7H3,(H,22,23);2-6H,1H3. The SMILES string of the molecule is CC(=N)c1ccc(C(C)(C)C)nc1Nc1c(C)cc(C)cc1C.Cc1ccccc1. The fourth-order valence-electron chi connectivity index (χ4n) is 3.30. The first kappa shape index (κ1) is 23.3. The van der Waals surface area contributed by atoms with Gasteiger partial charge in [0.25, 0.3) is 0 Å². The predicted octanol–water partition coefficient (Wildman–Crippen LogP) is 7.43. The van der Waals surface area contributed by atoms with E-state index >= 15 is 0 Å². The summed E-state index contributed by atoms with van der Waals surface area (Å²) in [7, 11) is 0. The van der Waals surface area contributed by atoms with Crippen LogP contribution in [0, 0.1) is 33.1 Å². The molecule has 1 aromatic heterocycles. The number of pyridine rings is 1. The number of aromatic nitrogens is 1. The lowest BCUT2D eigenvalue weighted by Gasteiger charge is -2.21. The van der Waals surface area contributed by atoms with Gasteiger partial charge < -0.3 is 10.7 Å². The molecule has 0 amide bonds. The van der Waals surface area contributed by atoms with E-state index in [9.17, 15) is 0 Å². The minimum absolute atomic E-state index is 0.0255. The maximum Gasteiger partial charge on any atom is 0.139 e. The molecule has 0 spiro atoms. The van der Waals surface area contributed by atoms with E-state index in [0.29, 0.717) is 5.71 Å². The number of hydrogen-bond donors (Lipinski definition) is 2. The molecule has 3 aromatic rings. The number of hydrogen-bond acceptors (Lipinski definition) is 3. The molecular formula is C27H35N3. The van der Waals surface area contributed by atoms with Crippen molar-refractivity contribution in [1.82, 2.24) is 4.98 Å². The first-order chi connectivity index (χ1) is 14.0. The van der Waals surface area contributed by atoms with Crippen molar-refractivity contribution in [2.75, 3.05) is 5.32 Å². The lowest BCUT2D eigenvalue weighted by Crippen LogP contribution is -2.16. The summed E-state index contributed by atoms with van der Waals surface area (Å²) in [6.45, 7) is 16.7. The molecule has 3 rings (SSSR count). The molecule has 0 atom stereocenters. The maximum atomic E-state index is 8.03. The van der Waals surface area contributed by atoms with Crippen LogP contribution in [-0.4, -0.2) is 10.7 Å². The molecule has 0 saturated carbocycles. The average molecular weight is 402 g/mol. The van der Waals surface area contributed by atoms with E-state index < -0.39 is 0 Å². The highest BCUT2D eigenvalue weighted by molar-refractivity contribution is 6.01. The summed E-state index contributed by atoms with van der Waals surface area (Å²) >= 11 is 0. The van der Waals surface area contributed by atoms with Crippen molar-refractivity contribution in [1.29, 1.82) is 5.41 Å². The number of nitrogens with zero attached hydrogens (tertiary/aromatic N) is 1. The molecule has 30 heavy (non-hydrogen) atoms. The van der Waals surface area contributed by atoms with E-state index in [1.165, 1.54) is 22.3 Å². The van der Waals surface area contributed by atoms with Gasteiger partial charge in [0.05, 0.1) is 0 Å². The van der Waals surface area contributed by atoms with Crippen LogP contribution in [0.5, 0.6) is 0 Å². The summed E-state index contributed by atoms with van der Waals surface area (Å²) in [6.07, 6.45) is 0. The van der Waals surface area contributed by atoms with Gasteiger partial charge >= 0.3 is 0 Å². The van der Waals surface area contributed by atoms with E-state index in [0.717, 1.165) is 22.8 Å². The lowest BCUT2D eigenvalue weighted by atomic mass is 9.91. The quantitative estimate of drug-likeness (QED) is 0.448. The van der Waals surface area contributed by atoms with Crippen LogP contribution in [0.3, 0.4) is 0 Å². The first-order valence-corrected chi connectivity index (χ1v) is 10.4. The van der Waals surface area contributed by atoms with Gasteiger partial charge in [-0.15, -0.1) is 0 Å². The summed E-state index contributed by atoms with van der Waals surface area (Å²) in [4.78, 5) is 4.81. The van der Waals surface area contributed by atoms with Gasteiger partial charge in [0.2, 0.25) is 0 Å². The second-order valence-electron chi connectivity index (χ2n) is 9.02. The molecule has 3 heteroatoms. The van der Waals surface area contributed by atoms with Crippen molar-refractivity contribution in [3.05, 3.63) is 88.1 Å². The van der Waals surface area contributed by atoms with Crippen LogP contribution in [0.4, 0.5) is 11.5 Å². The van der Waals surface area contributed by atoms with Crippen molar-refractivity contribution in [3.63, 3.8) is 0 Å². The number of nitrogens with one attached hydrogen (secondary N) is 2. The van der Waals surface area contributed by atoms with Crippen molar-refractivity contribution >= 4 is 17.2 Å². The minimum atomic E-state index is -0.0255. The Hall–Kier alpha value is -2.94. The summed E-state index contributed by atoms with van der Waals surface area (Å²) in [6, 6.07) is 18.6. The van der Waals surface area contributed by atoms with Crippen LogP contribution in [-0.2, 0) is 5.41 Å². The lowest BCUT2D eigenvalue weighted by molar-refractivity contribution is 0.570. The molecule has 0 aliphatic rings. The zero-order chi connectivity index (χ0) is 22.5. The van der Waals surface area contributed by atoms with Gasteiger partial charge in [-0.3, -0.25) is 0 Å². The van der Waals surface area contributed by atoms with Crippen LogP contribution in [0.15, 0.2) is 54.6 Å². The highest BCUT2D eigenvalue weighted by Crippen LogP contribution is 2.29. The monoisotopic (exact) mass is 401 g/mol. The largest absolute Gasteiger partial charge is 0.339 e. The number of rotatable bonds is 3. The first-order valence-electron chi connectivity index (χ1n) is 10.4. The Labute approximate surface area is 182 Å². The molecule has 0 saturated heterocycles. The fraction of sp³-hybridized carbons (Fsp3) is 0.333. The third-order valence-corrected chi connectivity index (χ3v) is 4.93. The fourth-order valence-corrected chi connectivity index (χ4v) is 3.30. The van der Waals surface area contributed by atoms with Crippen molar-refractivity contribution in [2.45, 2.75) is 60.8 Å². The van der Waals surface area contributed by atoms with Gasteiger partial charge in [0, 0.05) is 28.1 Å². The molecular weight excluding hydrogens is 366 g/mol. The number of benzene rings is 2. The van der Waals surface area contributed by atoms with Gasteiger partial charge in [-0.25, -0.2) is 4.98 Å². The summed E-state index contributed by atoms with van der Waals surface area (Å²) in [5.74, 6) is 0.764. The number of aryl methyl sites for hydroxylation is 4. The minimum Gasteiger partial charge on any atom is -0.339 e. The van der Waals surface area contributed by atoms with Crippen molar-refractivity contribution < 1.29 is 0 Å². The Balaban J connectivity index is 0.000000386. The molecule has 0 bridgehead atoms. The Morgan fingerprint density at radius 2 is 1.40 bits per heavy atom. The zero-order valence-corrected chi connectivity index (χ0v) is 19.6. The molecule has 0 unspecified atom stereocenters. The van der Waals surface area contributed by atoms with Crippen LogP contribution >= 0.6 is 0 Å². The van der Waals surface area contributed by atoms with Gasteiger partial charge in [-0.1, -0.05) is 74.4 Å². The van der Waals surface area contributed by atoms with Gasteiger partial charge in [-0.2, -0.15) is 0 Å². The normalized spacial score (nSPS) is 10.8. The second-order valence-corrected chi connectivity index (χ2v) is 9.02. The molecule has 0 radical (unpaired) electrons. The molecule has 0 aliphatic carbocycles. The Morgan fingerprint density at radius 1 is 0.833 bits per heavy atom. The zero-order valence-electron chi connectivity index (χ0n) is 19.6. The van der Waals surface area contributed by atoms with Gasteiger partial charge in [0.1, 0.15) is 5.82 Å². The van der Waals surface area contributed by atoms with E-state index in [2.05, 4.69) is 78.0 Å². The Bertz CT molecular complexity index is 989. The molecule has 0 fully saturated rings. The second kappa shape index (κ2) is 9.71. The topological polar surface area (TPSA) is 48.8 Å². The summed E-state index contributed by atoms with van der Waals surface area (Å²) in [5.41, 5.74) is 8.40. The van der Waals surface area contributed by atoms with E-state index in [-0.39, 0.29) is 5.41 Å². The molecule has 158 valence electrons. The van der Waals surface area contributed by atoms with Crippen molar-refractivity contribution in [3.8, 4) is 0 Å².